The Balaban J connectivity index is 2.63. The molecular formula is C2H3BrF2O. The summed E-state index contributed by atoms with van der Waals surface area (Å²) in [5.74, 6) is 0. The van der Waals surface area contributed by atoms with Crippen LogP contribution in [0, 0.1) is 0 Å². The Kier molecular flexibility index (Phi) is 3.66. The molecule has 4 heteroatoms. The van der Waals surface area contributed by atoms with Crippen molar-refractivity contribution in [3.05, 3.63) is 0 Å². The first-order valence-electron chi connectivity index (χ1n) is 1.23. The minimum Gasteiger partial charge on any atom is -0.311 e. The SMILES string of the molecule is FC(F)OCBr. The maximum absolute atomic E-state index is 10.8. The monoisotopic (exact) mass is 160 g/mol. The predicted molar refractivity (Wildman–Crippen MR) is 20.9 cm³/mol. The van der Waals surface area contributed by atoms with Crippen LogP contribution in [0.3, 0.4) is 0 Å². The maximum Gasteiger partial charge on any atom is 0.346 e. The van der Waals surface area contributed by atoms with Gasteiger partial charge in [-0.05, 0) is 0 Å². The first kappa shape index (κ1) is 6.30. The Bertz CT molecular complexity index is 32.7. The highest BCUT2D eigenvalue weighted by Gasteiger charge is 1.95. The Morgan fingerprint density at radius 1 is 1.67 bits per heavy atom. The molecule has 0 rings (SSSR count). The summed E-state index contributed by atoms with van der Waals surface area (Å²) in [5.41, 5.74) is -0.106. The van der Waals surface area contributed by atoms with Crippen LogP contribution in [0.2, 0.25) is 0 Å². The largest absolute Gasteiger partial charge is 0.346 e. The van der Waals surface area contributed by atoms with Crippen LogP contribution in [-0.2, 0) is 4.74 Å². The second kappa shape index (κ2) is 3.49. The lowest BCUT2D eigenvalue weighted by Crippen LogP contribution is -1.93. The van der Waals surface area contributed by atoms with Crippen LogP contribution in [0.25, 0.3) is 0 Å². The predicted octanol–water partition coefficient (Wildman–Crippen LogP) is 1.58. The highest BCUT2D eigenvalue weighted by atomic mass is 79.9. The van der Waals surface area contributed by atoms with E-state index in [0.29, 0.717) is 0 Å². The van der Waals surface area contributed by atoms with Crippen LogP contribution in [0.15, 0.2) is 0 Å². The molecule has 0 fully saturated rings. The molecule has 0 N–H and O–H groups in total. The molecular weight excluding hydrogens is 158 g/mol. The average molecular weight is 161 g/mol. The van der Waals surface area contributed by atoms with E-state index in [1.54, 1.807) is 0 Å². The molecule has 38 valence electrons. The molecule has 0 saturated carbocycles. The molecule has 0 unspecified atom stereocenters. The summed E-state index contributed by atoms with van der Waals surface area (Å²) < 4.78 is 25.2. The van der Waals surface area contributed by atoms with Crippen molar-refractivity contribution in [3.8, 4) is 0 Å². The lowest BCUT2D eigenvalue weighted by atomic mass is 11.4. The fourth-order valence-corrected chi connectivity index (χ4v) is 0.247. The van der Waals surface area contributed by atoms with E-state index in [2.05, 4.69) is 20.7 Å². The molecule has 0 aromatic carbocycles. The van der Waals surface area contributed by atoms with Crippen LogP contribution in [0.5, 0.6) is 0 Å². The average Bonchev–Trinajstić information content (AvgIpc) is 1.35. The van der Waals surface area contributed by atoms with E-state index < -0.39 is 6.61 Å². The third-order valence-corrected chi connectivity index (χ3v) is 0.453. The molecule has 0 bridgehead atoms. The molecule has 0 aliphatic carbocycles. The summed E-state index contributed by atoms with van der Waals surface area (Å²) in [6.45, 7) is -2.65. The van der Waals surface area contributed by atoms with Crippen molar-refractivity contribution in [1.29, 1.82) is 0 Å². The molecule has 0 aromatic heterocycles. The molecule has 6 heavy (non-hydrogen) atoms. The van der Waals surface area contributed by atoms with Crippen LogP contribution >= 0.6 is 15.9 Å². The van der Waals surface area contributed by atoms with Gasteiger partial charge in [-0.15, -0.1) is 0 Å². The van der Waals surface area contributed by atoms with Crippen LogP contribution in [0.4, 0.5) is 8.78 Å². The minimum atomic E-state index is -2.65. The van der Waals surface area contributed by atoms with Gasteiger partial charge in [-0.25, -0.2) is 0 Å². The topological polar surface area (TPSA) is 9.23 Å². The number of halogens is 3. The zero-order valence-corrected chi connectivity index (χ0v) is 4.41. The lowest BCUT2D eigenvalue weighted by molar-refractivity contribution is -0.110. The Hall–Kier alpha value is 0.300. The van der Waals surface area contributed by atoms with Gasteiger partial charge in [-0.2, -0.15) is 8.78 Å². The Morgan fingerprint density at radius 3 is 2.17 bits per heavy atom. The van der Waals surface area contributed by atoms with Gasteiger partial charge in [-0.1, -0.05) is 15.9 Å². The second-order valence-electron chi connectivity index (χ2n) is 0.536. The standard InChI is InChI=1S/C2H3BrF2O/c3-1-6-2(4)5/h2H,1H2. The molecule has 0 radical (unpaired) electrons. The van der Waals surface area contributed by atoms with Gasteiger partial charge in [0.15, 0.2) is 0 Å². The van der Waals surface area contributed by atoms with E-state index >= 15 is 0 Å². The fourth-order valence-electron chi connectivity index (χ4n) is 0.0476. The summed E-state index contributed by atoms with van der Waals surface area (Å²) in [6.07, 6.45) is 0. The third-order valence-electron chi connectivity index (χ3n) is 0.189. The van der Waals surface area contributed by atoms with Crippen molar-refractivity contribution >= 4 is 15.9 Å². The van der Waals surface area contributed by atoms with E-state index in [1.165, 1.54) is 0 Å². The normalized spacial score (nSPS) is 10.0. The van der Waals surface area contributed by atoms with E-state index in [9.17, 15) is 8.78 Å². The quantitative estimate of drug-likeness (QED) is 0.558. The number of alkyl halides is 3. The summed E-state index contributed by atoms with van der Waals surface area (Å²) in [4.78, 5) is 0. The van der Waals surface area contributed by atoms with E-state index in [1.807, 2.05) is 0 Å². The molecule has 1 nitrogen and oxygen atoms in total. The van der Waals surface area contributed by atoms with E-state index in [-0.39, 0.29) is 5.52 Å². The summed E-state index contributed by atoms with van der Waals surface area (Å²) >= 11 is 2.65. The summed E-state index contributed by atoms with van der Waals surface area (Å²) in [7, 11) is 0. The lowest BCUT2D eigenvalue weighted by Gasteiger charge is -1.90. The highest BCUT2D eigenvalue weighted by molar-refractivity contribution is 9.09. The molecule has 0 atom stereocenters. The van der Waals surface area contributed by atoms with Crippen LogP contribution < -0.4 is 0 Å². The number of rotatable bonds is 2. The van der Waals surface area contributed by atoms with Gasteiger partial charge >= 0.3 is 6.61 Å². The van der Waals surface area contributed by atoms with Crippen molar-refractivity contribution in [3.63, 3.8) is 0 Å². The van der Waals surface area contributed by atoms with Crippen molar-refractivity contribution in [2.24, 2.45) is 0 Å². The van der Waals surface area contributed by atoms with Gasteiger partial charge in [0.25, 0.3) is 0 Å². The van der Waals surface area contributed by atoms with Gasteiger partial charge in [-0.3, -0.25) is 0 Å². The first-order chi connectivity index (χ1) is 2.77. The van der Waals surface area contributed by atoms with Crippen LogP contribution in [-0.4, -0.2) is 12.1 Å². The Morgan fingerprint density at radius 2 is 2.17 bits per heavy atom. The summed E-state index contributed by atoms with van der Waals surface area (Å²) in [5, 5.41) is 0. The van der Waals surface area contributed by atoms with Crippen molar-refractivity contribution < 1.29 is 13.5 Å². The Labute approximate surface area is 42.4 Å². The minimum absolute atomic E-state index is 0.106. The third kappa shape index (κ3) is 4.30. The van der Waals surface area contributed by atoms with Crippen molar-refractivity contribution in [2.45, 2.75) is 6.61 Å². The maximum atomic E-state index is 10.8. The summed E-state index contributed by atoms with van der Waals surface area (Å²) in [6, 6.07) is 0. The van der Waals surface area contributed by atoms with E-state index in [4.69, 9.17) is 0 Å². The molecule has 0 aromatic rings. The fraction of sp³-hybridized carbons (Fsp3) is 1.00. The van der Waals surface area contributed by atoms with Gasteiger partial charge < -0.3 is 4.74 Å². The van der Waals surface area contributed by atoms with E-state index in [0.717, 1.165) is 0 Å². The van der Waals surface area contributed by atoms with Gasteiger partial charge in [0.05, 0.1) is 0 Å². The molecule has 0 amide bonds. The molecule has 0 spiro atoms. The highest BCUT2D eigenvalue weighted by Crippen LogP contribution is 1.95. The first-order valence-corrected chi connectivity index (χ1v) is 2.35. The zero-order chi connectivity index (χ0) is 4.99. The zero-order valence-electron chi connectivity index (χ0n) is 2.83. The van der Waals surface area contributed by atoms with Gasteiger partial charge in [0, 0.05) is 0 Å². The second-order valence-corrected chi connectivity index (χ2v) is 0.994. The number of ether oxygens (including phenoxy) is 1. The van der Waals surface area contributed by atoms with Crippen molar-refractivity contribution in [2.75, 3.05) is 5.52 Å². The number of hydrogen-bond acceptors (Lipinski definition) is 1. The molecule has 0 saturated heterocycles. The smallest absolute Gasteiger partial charge is 0.311 e. The molecule has 0 heterocycles. The molecule has 0 aliphatic heterocycles. The van der Waals surface area contributed by atoms with Crippen molar-refractivity contribution in [1.82, 2.24) is 0 Å². The number of hydrogen-bond donors (Lipinski definition) is 0. The van der Waals surface area contributed by atoms with Gasteiger partial charge in [0.2, 0.25) is 0 Å². The van der Waals surface area contributed by atoms with Crippen LogP contribution in [0.1, 0.15) is 0 Å². The van der Waals surface area contributed by atoms with Gasteiger partial charge in [0.1, 0.15) is 5.52 Å². The molecule has 0 aliphatic rings.